The molecule has 0 bridgehead atoms. The molecule has 1 N–H and O–H groups in total. The first-order chi connectivity index (χ1) is 15.9. The summed E-state index contributed by atoms with van der Waals surface area (Å²) in [4.78, 5) is 39.2. The highest BCUT2D eigenvalue weighted by atomic mass is 19.1. The van der Waals surface area contributed by atoms with Crippen molar-refractivity contribution in [3.8, 4) is 11.5 Å². The number of halogens is 1. The smallest absolute Gasteiger partial charge is 0.265 e. The minimum Gasteiger partial charge on any atom is -0.485 e. The number of Topliss-reactive ketones (excluding diaryl/α,β-unsaturated/α-hetero) is 1. The summed E-state index contributed by atoms with van der Waals surface area (Å²) < 4.78 is 24.3. The number of fused-ring (bicyclic) bond motifs is 1. The summed E-state index contributed by atoms with van der Waals surface area (Å²) in [5.74, 6) is -0.405. The molecule has 1 fully saturated rings. The molecule has 1 heterocycles. The van der Waals surface area contributed by atoms with Gasteiger partial charge < -0.3 is 14.8 Å². The number of ketones is 1. The van der Waals surface area contributed by atoms with Gasteiger partial charge >= 0.3 is 0 Å². The molecular formula is C25H27FN2O5. The fourth-order valence-corrected chi connectivity index (χ4v) is 4.21. The number of rotatable bonds is 7. The Morgan fingerprint density at radius 2 is 1.94 bits per heavy atom. The average Bonchev–Trinajstić information content (AvgIpc) is 2.80. The second-order valence-electron chi connectivity index (χ2n) is 8.48. The summed E-state index contributed by atoms with van der Waals surface area (Å²) in [6.45, 7) is 1.15. The van der Waals surface area contributed by atoms with Crippen molar-refractivity contribution in [1.82, 2.24) is 5.32 Å². The van der Waals surface area contributed by atoms with Gasteiger partial charge in [0.15, 0.2) is 19.0 Å². The van der Waals surface area contributed by atoms with Gasteiger partial charge in [0.05, 0.1) is 5.69 Å². The maximum atomic E-state index is 13.3. The molecule has 7 nitrogen and oxygen atoms in total. The van der Waals surface area contributed by atoms with Gasteiger partial charge in [-0.15, -0.1) is 0 Å². The lowest BCUT2D eigenvalue weighted by molar-refractivity contribution is -0.125. The van der Waals surface area contributed by atoms with Crippen LogP contribution < -0.4 is 19.7 Å². The van der Waals surface area contributed by atoms with Crippen LogP contribution in [-0.4, -0.2) is 43.4 Å². The molecule has 1 aliphatic heterocycles. The van der Waals surface area contributed by atoms with Crippen molar-refractivity contribution in [1.29, 1.82) is 0 Å². The Kier molecular flexibility index (Phi) is 6.91. The number of hydrogen-bond donors (Lipinski definition) is 1. The predicted molar refractivity (Wildman–Crippen MR) is 120 cm³/mol. The molecule has 0 unspecified atom stereocenters. The maximum absolute atomic E-state index is 13.3. The Hall–Kier alpha value is -3.42. The number of carbonyl (C=O) groups is 3. The van der Waals surface area contributed by atoms with Gasteiger partial charge in [-0.25, -0.2) is 4.39 Å². The lowest BCUT2D eigenvalue weighted by Crippen LogP contribution is -2.47. The average molecular weight is 454 g/mol. The second-order valence-corrected chi connectivity index (χ2v) is 8.48. The zero-order valence-electron chi connectivity index (χ0n) is 18.6. The molecule has 1 saturated carbocycles. The van der Waals surface area contributed by atoms with Gasteiger partial charge in [0.25, 0.3) is 5.91 Å². The van der Waals surface area contributed by atoms with E-state index in [1.807, 2.05) is 0 Å². The van der Waals surface area contributed by atoms with Crippen molar-refractivity contribution < 1.29 is 28.2 Å². The van der Waals surface area contributed by atoms with E-state index in [2.05, 4.69) is 5.32 Å². The lowest BCUT2D eigenvalue weighted by atomic mass is 9.95. The third-order valence-electron chi connectivity index (χ3n) is 5.99. The SMILES string of the molecule is Cc1cc(F)ccc1OCC(=O)c1ccc2c(c1)N(CC(=O)NC1CCCCC1)C(=O)CO2. The van der Waals surface area contributed by atoms with Crippen LogP contribution in [0, 0.1) is 12.7 Å². The molecular weight excluding hydrogens is 427 g/mol. The van der Waals surface area contributed by atoms with Crippen LogP contribution in [0.1, 0.15) is 48.0 Å². The summed E-state index contributed by atoms with van der Waals surface area (Å²) in [6, 6.07) is 8.97. The zero-order chi connectivity index (χ0) is 23.4. The van der Waals surface area contributed by atoms with Crippen LogP contribution >= 0.6 is 0 Å². The molecule has 33 heavy (non-hydrogen) atoms. The molecule has 8 heteroatoms. The Morgan fingerprint density at radius 1 is 1.15 bits per heavy atom. The topological polar surface area (TPSA) is 84.9 Å². The molecule has 174 valence electrons. The van der Waals surface area contributed by atoms with E-state index in [4.69, 9.17) is 9.47 Å². The first-order valence-electron chi connectivity index (χ1n) is 11.2. The van der Waals surface area contributed by atoms with E-state index < -0.39 is 0 Å². The highest BCUT2D eigenvalue weighted by Crippen LogP contribution is 2.33. The summed E-state index contributed by atoms with van der Waals surface area (Å²) in [6.07, 6.45) is 5.27. The van der Waals surface area contributed by atoms with Crippen molar-refractivity contribution in [3.63, 3.8) is 0 Å². The highest BCUT2D eigenvalue weighted by molar-refractivity contribution is 6.04. The highest BCUT2D eigenvalue weighted by Gasteiger charge is 2.29. The van der Waals surface area contributed by atoms with Gasteiger partial charge in [-0.3, -0.25) is 19.3 Å². The Labute approximate surface area is 191 Å². The van der Waals surface area contributed by atoms with Crippen LogP contribution in [0.3, 0.4) is 0 Å². The normalized spacial score (nSPS) is 16.1. The molecule has 4 rings (SSSR count). The van der Waals surface area contributed by atoms with Crippen molar-refractivity contribution in [2.75, 3.05) is 24.7 Å². The van der Waals surface area contributed by atoms with E-state index >= 15 is 0 Å². The summed E-state index contributed by atoms with van der Waals surface area (Å²) in [7, 11) is 0. The number of aryl methyl sites for hydroxylation is 1. The fourth-order valence-electron chi connectivity index (χ4n) is 4.21. The number of hydrogen-bond acceptors (Lipinski definition) is 5. The van der Waals surface area contributed by atoms with Gasteiger partial charge in [-0.2, -0.15) is 0 Å². The van der Waals surface area contributed by atoms with Crippen LogP contribution in [-0.2, 0) is 9.59 Å². The van der Waals surface area contributed by atoms with Crippen molar-refractivity contribution in [2.45, 2.75) is 45.1 Å². The van der Waals surface area contributed by atoms with Gasteiger partial charge in [-0.05, 0) is 61.7 Å². The van der Waals surface area contributed by atoms with Gasteiger partial charge in [0, 0.05) is 11.6 Å². The molecule has 0 atom stereocenters. The largest absolute Gasteiger partial charge is 0.485 e. The second kappa shape index (κ2) is 10.0. The number of ether oxygens (including phenoxy) is 2. The molecule has 0 radical (unpaired) electrons. The van der Waals surface area contributed by atoms with Gasteiger partial charge in [0.2, 0.25) is 5.91 Å². The molecule has 1 aliphatic carbocycles. The van der Waals surface area contributed by atoms with Crippen LogP contribution in [0.2, 0.25) is 0 Å². The number of nitrogens with zero attached hydrogens (tertiary/aromatic N) is 1. The standard InChI is InChI=1S/C25H27FN2O5/c1-16-11-18(26)8-10-22(16)32-14-21(29)17-7-9-23-20(12-17)28(25(31)15-33-23)13-24(30)27-19-5-3-2-4-6-19/h7-12,19H,2-6,13-15H2,1H3,(H,27,30). The molecule has 0 aromatic heterocycles. The first kappa shape index (κ1) is 22.8. The van der Waals surface area contributed by atoms with Crippen LogP contribution in [0.25, 0.3) is 0 Å². The van der Waals surface area contributed by atoms with Crippen LogP contribution in [0.15, 0.2) is 36.4 Å². The van der Waals surface area contributed by atoms with E-state index in [-0.39, 0.29) is 49.2 Å². The minimum absolute atomic E-state index is 0.130. The van der Waals surface area contributed by atoms with Gasteiger partial charge in [-0.1, -0.05) is 19.3 Å². The van der Waals surface area contributed by atoms with Crippen molar-refractivity contribution >= 4 is 23.3 Å². The molecule has 2 amide bonds. The van der Waals surface area contributed by atoms with E-state index in [1.54, 1.807) is 25.1 Å². The number of amides is 2. The molecule has 0 saturated heterocycles. The minimum atomic E-state index is -0.377. The summed E-state index contributed by atoms with van der Waals surface area (Å²) in [5.41, 5.74) is 1.29. The van der Waals surface area contributed by atoms with E-state index in [9.17, 15) is 18.8 Å². The van der Waals surface area contributed by atoms with E-state index in [1.165, 1.54) is 29.5 Å². The zero-order valence-corrected chi connectivity index (χ0v) is 18.6. The monoisotopic (exact) mass is 454 g/mol. The van der Waals surface area contributed by atoms with E-state index in [0.29, 0.717) is 28.3 Å². The number of benzene rings is 2. The first-order valence-corrected chi connectivity index (χ1v) is 11.2. The third-order valence-corrected chi connectivity index (χ3v) is 5.99. The molecule has 2 aromatic carbocycles. The number of carbonyl (C=O) groups excluding carboxylic acids is 3. The fraction of sp³-hybridized carbons (Fsp3) is 0.400. The number of anilines is 1. The van der Waals surface area contributed by atoms with Crippen LogP contribution in [0.5, 0.6) is 11.5 Å². The van der Waals surface area contributed by atoms with Crippen molar-refractivity contribution in [2.24, 2.45) is 0 Å². The summed E-state index contributed by atoms with van der Waals surface area (Å²) in [5, 5.41) is 3.02. The Balaban J connectivity index is 1.45. The molecule has 0 spiro atoms. The van der Waals surface area contributed by atoms with Crippen LogP contribution in [0.4, 0.5) is 10.1 Å². The quantitative estimate of drug-likeness (QED) is 0.647. The Morgan fingerprint density at radius 3 is 2.70 bits per heavy atom. The Bertz CT molecular complexity index is 1060. The summed E-state index contributed by atoms with van der Waals surface area (Å²) >= 11 is 0. The molecule has 2 aliphatic rings. The predicted octanol–water partition coefficient (Wildman–Crippen LogP) is 3.57. The maximum Gasteiger partial charge on any atom is 0.265 e. The van der Waals surface area contributed by atoms with E-state index in [0.717, 1.165) is 25.7 Å². The third kappa shape index (κ3) is 5.50. The lowest BCUT2D eigenvalue weighted by Gasteiger charge is -2.30. The van der Waals surface area contributed by atoms with Crippen molar-refractivity contribution in [3.05, 3.63) is 53.3 Å². The van der Waals surface area contributed by atoms with Gasteiger partial charge in [0.1, 0.15) is 23.9 Å². The molecule has 2 aromatic rings. The number of nitrogens with one attached hydrogen (secondary N) is 1.